The van der Waals surface area contributed by atoms with Crippen LogP contribution in [0.4, 0.5) is 11.4 Å². The number of anilines is 1. The van der Waals surface area contributed by atoms with Crippen molar-refractivity contribution in [2.45, 2.75) is 19.3 Å². The molecule has 0 spiro atoms. The Morgan fingerprint density at radius 3 is 2.48 bits per heavy atom. The monoisotopic (exact) mass is 310 g/mol. The van der Waals surface area contributed by atoms with Crippen LogP contribution in [0.15, 0.2) is 47.5 Å². The van der Waals surface area contributed by atoms with E-state index in [1.807, 2.05) is 24.3 Å². The average Bonchev–Trinajstić information content (AvgIpc) is 2.62. The Morgan fingerprint density at radius 1 is 1.04 bits per heavy atom. The summed E-state index contributed by atoms with van der Waals surface area (Å²) in [6.07, 6.45) is 5.54. The van der Waals surface area contributed by atoms with Crippen LogP contribution in [0, 0.1) is 0 Å². The minimum atomic E-state index is 0.115. The molecule has 0 saturated carbocycles. The first kappa shape index (κ1) is 15.4. The molecule has 1 saturated heterocycles. The second-order valence-electron chi connectivity index (χ2n) is 5.72. The molecule has 4 nitrogen and oxygen atoms in total. The topological polar surface area (TPSA) is 45.1 Å². The molecular weight excluding hydrogens is 288 g/mol. The van der Waals surface area contributed by atoms with Crippen LogP contribution in [0.2, 0.25) is 0 Å². The molecule has 0 radical (unpaired) electrons. The van der Waals surface area contributed by atoms with Crippen molar-refractivity contribution >= 4 is 17.6 Å². The molecule has 2 aromatic rings. The van der Waals surface area contributed by atoms with E-state index in [1.54, 1.807) is 12.3 Å². The molecule has 1 fully saturated rings. The zero-order valence-electron chi connectivity index (χ0n) is 13.4. The van der Waals surface area contributed by atoms with E-state index < -0.39 is 0 Å². The molecule has 1 aliphatic rings. The van der Waals surface area contributed by atoms with Crippen LogP contribution in [0.3, 0.4) is 0 Å². The first-order valence-electron chi connectivity index (χ1n) is 8.03. The number of rotatable bonds is 4. The van der Waals surface area contributed by atoms with Crippen LogP contribution in [-0.2, 0) is 0 Å². The number of aromatic hydroxyl groups is 1. The third-order valence-corrected chi connectivity index (χ3v) is 4.17. The Bertz CT molecular complexity index is 674. The number of aliphatic imine (C=N–C) groups is 1. The van der Waals surface area contributed by atoms with E-state index >= 15 is 0 Å². The average molecular weight is 310 g/mol. The highest BCUT2D eigenvalue weighted by Crippen LogP contribution is 2.29. The van der Waals surface area contributed by atoms with Crippen molar-refractivity contribution in [1.29, 1.82) is 0 Å². The molecule has 120 valence electrons. The summed E-state index contributed by atoms with van der Waals surface area (Å²) in [6.45, 7) is 2.28. The zero-order valence-corrected chi connectivity index (χ0v) is 13.4. The highest BCUT2D eigenvalue weighted by atomic mass is 16.5. The van der Waals surface area contributed by atoms with Gasteiger partial charge in [0, 0.05) is 30.6 Å². The molecule has 0 aromatic heterocycles. The van der Waals surface area contributed by atoms with Crippen LogP contribution in [0.1, 0.15) is 24.8 Å². The second kappa shape index (κ2) is 7.18. The molecule has 0 bridgehead atoms. The number of benzene rings is 2. The molecule has 0 unspecified atom stereocenters. The lowest BCUT2D eigenvalue weighted by Gasteiger charge is -2.28. The molecule has 0 atom stereocenters. The summed E-state index contributed by atoms with van der Waals surface area (Å²) in [4.78, 5) is 6.86. The van der Waals surface area contributed by atoms with Gasteiger partial charge in [-0.15, -0.1) is 0 Å². The van der Waals surface area contributed by atoms with Gasteiger partial charge in [0.2, 0.25) is 0 Å². The summed E-state index contributed by atoms with van der Waals surface area (Å²) in [5.41, 5.74) is 2.77. The fraction of sp³-hybridized carbons (Fsp3) is 0.316. The maximum Gasteiger partial charge on any atom is 0.166 e. The number of ether oxygens (including phenoxy) is 1. The number of hydrogen-bond donors (Lipinski definition) is 1. The smallest absolute Gasteiger partial charge is 0.166 e. The molecule has 23 heavy (non-hydrogen) atoms. The SMILES string of the molecule is COc1cccc(C=Nc2ccc(N3CCCCC3)cc2)c1O. The summed E-state index contributed by atoms with van der Waals surface area (Å²) in [6, 6.07) is 13.6. The van der Waals surface area contributed by atoms with Gasteiger partial charge in [-0.1, -0.05) is 6.07 Å². The quantitative estimate of drug-likeness (QED) is 0.863. The van der Waals surface area contributed by atoms with E-state index in [-0.39, 0.29) is 5.75 Å². The van der Waals surface area contributed by atoms with Gasteiger partial charge in [-0.25, -0.2) is 0 Å². The van der Waals surface area contributed by atoms with Crippen molar-refractivity contribution in [3.05, 3.63) is 48.0 Å². The van der Waals surface area contributed by atoms with E-state index in [1.165, 1.54) is 32.1 Å². The maximum atomic E-state index is 10.1. The maximum absolute atomic E-state index is 10.1. The predicted octanol–water partition coefficient (Wildman–Crippen LogP) is 4.14. The lowest BCUT2D eigenvalue weighted by Crippen LogP contribution is -2.29. The first-order valence-corrected chi connectivity index (χ1v) is 8.03. The van der Waals surface area contributed by atoms with E-state index in [2.05, 4.69) is 22.0 Å². The third-order valence-electron chi connectivity index (χ3n) is 4.17. The Morgan fingerprint density at radius 2 is 1.78 bits per heavy atom. The summed E-state index contributed by atoms with van der Waals surface area (Å²) in [5, 5.41) is 10.1. The van der Waals surface area contributed by atoms with Crippen LogP contribution in [0.25, 0.3) is 0 Å². The summed E-state index contributed by atoms with van der Waals surface area (Å²) in [5.74, 6) is 0.568. The van der Waals surface area contributed by atoms with Gasteiger partial charge < -0.3 is 14.7 Å². The van der Waals surface area contributed by atoms with Crippen molar-refractivity contribution in [1.82, 2.24) is 0 Å². The van der Waals surface area contributed by atoms with E-state index in [0.717, 1.165) is 18.8 Å². The molecule has 3 rings (SSSR count). The number of phenols is 1. The van der Waals surface area contributed by atoms with Crippen molar-refractivity contribution in [2.24, 2.45) is 4.99 Å². The van der Waals surface area contributed by atoms with Crippen molar-refractivity contribution < 1.29 is 9.84 Å². The molecule has 1 heterocycles. The largest absolute Gasteiger partial charge is 0.504 e. The van der Waals surface area contributed by atoms with Gasteiger partial charge in [-0.3, -0.25) is 4.99 Å². The summed E-state index contributed by atoms with van der Waals surface area (Å²) < 4.78 is 5.10. The van der Waals surface area contributed by atoms with E-state index in [9.17, 15) is 5.11 Å². The van der Waals surface area contributed by atoms with Gasteiger partial charge in [0.05, 0.1) is 12.8 Å². The molecular formula is C19H22N2O2. The zero-order chi connectivity index (χ0) is 16.1. The molecule has 4 heteroatoms. The van der Waals surface area contributed by atoms with E-state index in [4.69, 9.17) is 4.74 Å². The van der Waals surface area contributed by atoms with Crippen molar-refractivity contribution in [2.75, 3.05) is 25.1 Å². The van der Waals surface area contributed by atoms with Crippen LogP contribution in [-0.4, -0.2) is 31.5 Å². The highest BCUT2D eigenvalue weighted by Gasteiger charge is 2.10. The lowest BCUT2D eigenvalue weighted by atomic mass is 10.1. The highest BCUT2D eigenvalue weighted by molar-refractivity contribution is 5.86. The lowest BCUT2D eigenvalue weighted by molar-refractivity contribution is 0.373. The Balaban J connectivity index is 1.73. The minimum absolute atomic E-state index is 0.115. The summed E-state index contributed by atoms with van der Waals surface area (Å²) >= 11 is 0. The fourth-order valence-corrected chi connectivity index (χ4v) is 2.85. The van der Waals surface area contributed by atoms with Crippen molar-refractivity contribution in [3.63, 3.8) is 0 Å². The molecule has 1 N–H and O–H groups in total. The molecule has 0 amide bonds. The van der Waals surface area contributed by atoms with Crippen LogP contribution in [0.5, 0.6) is 11.5 Å². The van der Waals surface area contributed by atoms with Crippen molar-refractivity contribution in [3.8, 4) is 11.5 Å². The molecule has 0 aliphatic carbocycles. The second-order valence-corrected chi connectivity index (χ2v) is 5.72. The van der Waals surface area contributed by atoms with Gasteiger partial charge in [0.25, 0.3) is 0 Å². The number of nitrogens with zero attached hydrogens (tertiary/aromatic N) is 2. The van der Waals surface area contributed by atoms with Gasteiger partial charge in [-0.05, 0) is 55.7 Å². The first-order chi connectivity index (χ1) is 11.3. The fourth-order valence-electron chi connectivity index (χ4n) is 2.85. The predicted molar refractivity (Wildman–Crippen MR) is 94.4 cm³/mol. The van der Waals surface area contributed by atoms with Gasteiger partial charge in [0.15, 0.2) is 11.5 Å². The Labute approximate surface area is 137 Å². The van der Waals surface area contributed by atoms with Gasteiger partial charge >= 0.3 is 0 Å². The number of phenolic OH excluding ortho intramolecular Hbond substituents is 1. The number of hydrogen-bond acceptors (Lipinski definition) is 4. The number of methoxy groups -OCH3 is 1. The van der Waals surface area contributed by atoms with E-state index in [0.29, 0.717) is 11.3 Å². The Kier molecular flexibility index (Phi) is 4.81. The van der Waals surface area contributed by atoms with Gasteiger partial charge in [-0.2, -0.15) is 0 Å². The summed E-state index contributed by atoms with van der Waals surface area (Å²) in [7, 11) is 1.54. The molecule has 1 aliphatic heterocycles. The van der Waals surface area contributed by atoms with Gasteiger partial charge in [0.1, 0.15) is 0 Å². The standard InChI is InChI=1S/C19H22N2O2/c1-23-18-7-5-6-15(19(18)22)14-20-16-8-10-17(11-9-16)21-12-3-2-4-13-21/h5-11,14,22H,2-4,12-13H2,1H3. The minimum Gasteiger partial charge on any atom is -0.504 e. The van der Waals surface area contributed by atoms with Crippen LogP contribution >= 0.6 is 0 Å². The Hall–Kier alpha value is -2.49. The normalized spacial score (nSPS) is 15.1. The molecule has 2 aromatic carbocycles. The number of piperidine rings is 1. The third kappa shape index (κ3) is 3.65. The number of para-hydroxylation sites is 1. The van der Waals surface area contributed by atoms with Crippen LogP contribution < -0.4 is 9.64 Å².